The fraction of sp³-hybridized carbons (Fsp3) is 0.350. The highest BCUT2D eigenvalue weighted by Gasteiger charge is 2.41. The molecular weight excluding hydrogens is 364 g/mol. The zero-order chi connectivity index (χ0) is 19.5. The van der Waals surface area contributed by atoms with Gasteiger partial charge in [-0.15, -0.1) is 0 Å². The average molecular weight is 388 g/mol. The highest BCUT2D eigenvalue weighted by Crippen LogP contribution is 2.28. The molecule has 27 heavy (non-hydrogen) atoms. The summed E-state index contributed by atoms with van der Waals surface area (Å²) in [7, 11) is -3.93. The second-order valence-corrected chi connectivity index (χ2v) is 8.57. The maximum atomic E-state index is 12.7. The van der Waals surface area contributed by atoms with Crippen molar-refractivity contribution >= 4 is 16.1 Å². The lowest BCUT2D eigenvalue weighted by Gasteiger charge is -2.33. The van der Waals surface area contributed by atoms with Crippen molar-refractivity contribution in [2.75, 3.05) is 13.2 Å². The first-order valence-electron chi connectivity index (χ1n) is 8.89. The lowest BCUT2D eigenvalue weighted by Crippen LogP contribution is -2.51. The van der Waals surface area contributed by atoms with Gasteiger partial charge >= 0.3 is 6.03 Å². The van der Waals surface area contributed by atoms with Crippen LogP contribution in [0.1, 0.15) is 24.5 Å². The summed E-state index contributed by atoms with van der Waals surface area (Å²) in [6.45, 7) is 4.42. The molecule has 3 rings (SSSR count). The van der Waals surface area contributed by atoms with E-state index in [1.165, 1.54) is 17.0 Å². The predicted molar refractivity (Wildman–Crippen MR) is 103 cm³/mol. The minimum Gasteiger partial charge on any atom is -0.354 e. The van der Waals surface area contributed by atoms with Crippen molar-refractivity contribution < 1.29 is 17.9 Å². The summed E-state index contributed by atoms with van der Waals surface area (Å²) in [5.74, 6) is 0. The van der Waals surface area contributed by atoms with Crippen LogP contribution in [0.4, 0.5) is 4.79 Å². The first kappa shape index (κ1) is 19.4. The Morgan fingerprint density at radius 1 is 1.15 bits per heavy atom. The summed E-state index contributed by atoms with van der Waals surface area (Å²) in [5, 5.41) is 0. The Bertz CT molecular complexity index is 897. The van der Waals surface area contributed by atoms with Crippen molar-refractivity contribution in [3.05, 3.63) is 65.7 Å². The van der Waals surface area contributed by atoms with E-state index in [1.807, 2.05) is 44.2 Å². The highest BCUT2D eigenvalue weighted by atomic mass is 32.2. The van der Waals surface area contributed by atoms with Crippen LogP contribution in [0, 0.1) is 6.92 Å². The number of carbonyl (C=O) groups is 1. The van der Waals surface area contributed by atoms with Gasteiger partial charge < -0.3 is 4.74 Å². The summed E-state index contributed by atoms with van der Waals surface area (Å²) in [4.78, 5) is 14.2. The first-order valence-corrected chi connectivity index (χ1v) is 10.4. The molecule has 0 saturated carbocycles. The molecule has 2 aromatic carbocycles. The lowest BCUT2D eigenvalue weighted by atomic mass is 10.0. The maximum Gasteiger partial charge on any atom is 0.333 e. The molecule has 144 valence electrons. The molecule has 0 radical (unpaired) electrons. The van der Waals surface area contributed by atoms with Gasteiger partial charge in [0.15, 0.2) is 0 Å². The monoisotopic (exact) mass is 388 g/mol. The lowest BCUT2D eigenvalue weighted by molar-refractivity contribution is -0.0524. The molecule has 1 atom stereocenters. The van der Waals surface area contributed by atoms with Gasteiger partial charge in [-0.05, 0) is 44.4 Å². The number of sulfonamides is 1. The minimum absolute atomic E-state index is 0.0625. The number of rotatable bonds is 5. The Labute approximate surface area is 160 Å². The third kappa shape index (κ3) is 4.48. The standard InChI is InChI=1S/C20H24N2O4S/c1-16-8-10-18(11-9-16)27(24,25)21-19(23)22-14-15-26-20(22,2)13-12-17-6-4-3-5-7-17/h3-11H,12-15H2,1-2H3,(H,21,23). The molecule has 1 fully saturated rings. The molecule has 1 saturated heterocycles. The van der Waals surface area contributed by atoms with Gasteiger partial charge in [-0.2, -0.15) is 0 Å². The maximum absolute atomic E-state index is 12.7. The van der Waals surface area contributed by atoms with Gasteiger partial charge in [0.2, 0.25) is 0 Å². The topological polar surface area (TPSA) is 75.7 Å². The number of nitrogens with one attached hydrogen (secondary N) is 1. The summed E-state index contributed by atoms with van der Waals surface area (Å²) < 4.78 is 33.0. The molecule has 7 heteroatoms. The molecular formula is C20H24N2O4S. The van der Waals surface area contributed by atoms with Crippen LogP contribution in [0.2, 0.25) is 0 Å². The fourth-order valence-electron chi connectivity index (χ4n) is 3.16. The van der Waals surface area contributed by atoms with Crippen molar-refractivity contribution in [3.63, 3.8) is 0 Å². The second-order valence-electron chi connectivity index (χ2n) is 6.88. The van der Waals surface area contributed by atoms with E-state index in [9.17, 15) is 13.2 Å². The quantitative estimate of drug-likeness (QED) is 0.854. The van der Waals surface area contributed by atoms with Gasteiger partial charge in [0.25, 0.3) is 10.0 Å². The minimum atomic E-state index is -3.93. The number of amides is 2. The van der Waals surface area contributed by atoms with Crippen LogP contribution in [0.15, 0.2) is 59.5 Å². The molecule has 2 aromatic rings. The summed E-state index contributed by atoms with van der Waals surface area (Å²) in [5.41, 5.74) is 1.24. The van der Waals surface area contributed by atoms with E-state index in [1.54, 1.807) is 12.1 Å². The third-order valence-electron chi connectivity index (χ3n) is 4.82. The first-order chi connectivity index (χ1) is 12.8. The van der Waals surface area contributed by atoms with Crippen molar-refractivity contribution in [2.45, 2.75) is 37.3 Å². The van der Waals surface area contributed by atoms with Crippen molar-refractivity contribution in [2.24, 2.45) is 0 Å². The Morgan fingerprint density at radius 3 is 2.48 bits per heavy atom. The highest BCUT2D eigenvalue weighted by molar-refractivity contribution is 7.90. The van der Waals surface area contributed by atoms with Crippen LogP contribution in [0.3, 0.4) is 0 Å². The van der Waals surface area contributed by atoms with Crippen LogP contribution < -0.4 is 4.72 Å². The predicted octanol–water partition coefficient (Wildman–Crippen LogP) is 3.07. The van der Waals surface area contributed by atoms with Crippen molar-refractivity contribution in [3.8, 4) is 0 Å². The third-order valence-corrected chi connectivity index (χ3v) is 6.15. The van der Waals surface area contributed by atoms with E-state index in [-0.39, 0.29) is 4.90 Å². The summed E-state index contributed by atoms with van der Waals surface area (Å²) in [6.07, 6.45) is 1.31. The van der Waals surface area contributed by atoms with E-state index < -0.39 is 21.8 Å². The summed E-state index contributed by atoms with van der Waals surface area (Å²) in [6, 6.07) is 15.6. The number of aryl methyl sites for hydroxylation is 2. The molecule has 0 aromatic heterocycles. The molecule has 1 heterocycles. The van der Waals surface area contributed by atoms with Crippen LogP contribution in [-0.2, 0) is 21.2 Å². The van der Waals surface area contributed by atoms with E-state index in [2.05, 4.69) is 4.72 Å². The number of hydrogen-bond acceptors (Lipinski definition) is 4. The molecule has 1 aliphatic heterocycles. The number of benzene rings is 2. The van der Waals surface area contributed by atoms with Crippen LogP contribution in [0.5, 0.6) is 0 Å². The number of urea groups is 1. The molecule has 1 unspecified atom stereocenters. The van der Waals surface area contributed by atoms with Gasteiger partial charge in [0, 0.05) is 6.54 Å². The van der Waals surface area contributed by atoms with Gasteiger partial charge in [-0.1, -0.05) is 48.0 Å². The van der Waals surface area contributed by atoms with E-state index in [0.29, 0.717) is 19.6 Å². The Kier molecular flexibility index (Phi) is 5.53. The zero-order valence-corrected chi connectivity index (χ0v) is 16.3. The average Bonchev–Trinajstić information content (AvgIpc) is 3.03. The SMILES string of the molecule is Cc1ccc(S(=O)(=O)NC(=O)N2CCOC2(C)CCc2ccccc2)cc1. The number of nitrogens with zero attached hydrogens (tertiary/aromatic N) is 1. The molecule has 1 N–H and O–H groups in total. The second kappa shape index (κ2) is 7.70. The van der Waals surface area contributed by atoms with Gasteiger partial charge in [0.1, 0.15) is 5.72 Å². The number of hydrogen-bond donors (Lipinski definition) is 1. The molecule has 1 aliphatic rings. The molecule has 0 bridgehead atoms. The number of carbonyl (C=O) groups excluding carboxylic acids is 1. The van der Waals surface area contributed by atoms with Crippen LogP contribution in [0.25, 0.3) is 0 Å². The summed E-state index contributed by atoms with van der Waals surface area (Å²) >= 11 is 0. The molecule has 6 nitrogen and oxygen atoms in total. The smallest absolute Gasteiger partial charge is 0.333 e. The van der Waals surface area contributed by atoms with E-state index in [0.717, 1.165) is 17.5 Å². The zero-order valence-electron chi connectivity index (χ0n) is 15.5. The van der Waals surface area contributed by atoms with Gasteiger partial charge in [-0.3, -0.25) is 4.90 Å². The Hall–Kier alpha value is -2.38. The van der Waals surface area contributed by atoms with E-state index in [4.69, 9.17) is 4.74 Å². The van der Waals surface area contributed by atoms with Crippen LogP contribution in [-0.4, -0.2) is 38.2 Å². The molecule has 0 spiro atoms. The molecule has 2 amide bonds. The van der Waals surface area contributed by atoms with Gasteiger partial charge in [-0.25, -0.2) is 17.9 Å². The van der Waals surface area contributed by atoms with Gasteiger partial charge in [0.05, 0.1) is 11.5 Å². The fourth-order valence-corrected chi connectivity index (χ4v) is 4.11. The largest absolute Gasteiger partial charge is 0.354 e. The molecule has 0 aliphatic carbocycles. The Balaban J connectivity index is 1.70. The number of ether oxygens (including phenoxy) is 1. The Morgan fingerprint density at radius 2 is 1.81 bits per heavy atom. The normalized spacial score (nSPS) is 19.9. The van der Waals surface area contributed by atoms with Crippen LogP contribution >= 0.6 is 0 Å². The van der Waals surface area contributed by atoms with Crippen molar-refractivity contribution in [1.29, 1.82) is 0 Å². The van der Waals surface area contributed by atoms with E-state index >= 15 is 0 Å². The van der Waals surface area contributed by atoms with Crippen molar-refractivity contribution in [1.82, 2.24) is 9.62 Å².